The largest absolute Gasteiger partial charge is 0.495 e. The molecule has 2 atom stereocenters. The first kappa shape index (κ1) is 22.6. The summed E-state index contributed by atoms with van der Waals surface area (Å²) in [5, 5.41) is 5.59. The first-order valence-electron chi connectivity index (χ1n) is 10.6. The van der Waals surface area contributed by atoms with E-state index in [1.165, 1.54) is 12.7 Å². The van der Waals surface area contributed by atoms with E-state index >= 15 is 0 Å². The number of nitrogens with one attached hydrogen (secondary N) is 2. The van der Waals surface area contributed by atoms with Gasteiger partial charge in [-0.2, -0.15) is 0 Å². The summed E-state index contributed by atoms with van der Waals surface area (Å²) in [6.07, 6.45) is 0. The summed E-state index contributed by atoms with van der Waals surface area (Å²) in [5.41, 5.74) is 3.64. The lowest BCUT2D eigenvalue weighted by molar-refractivity contribution is 0.403. The summed E-state index contributed by atoms with van der Waals surface area (Å²) in [6, 6.07) is 15.6. The lowest BCUT2D eigenvalue weighted by atomic mass is 10.1. The predicted octanol–water partition coefficient (Wildman–Crippen LogP) is 4.72. The second-order valence-electron chi connectivity index (χ2n) is 8.38. The van der Waals surface area contributed by atoms with Gasteiger partial charge in [-0.15, -0.1) is 11.3 Å². The van der Waals surface area contributed by atoms with Crippen molar-refractivity contribution in [1.29, 1.82) is 0 Å². The highest BCUT2D eigenvalue weighted by molar-refractivity contribution is 7.92. The summed E-state index contributed by atoms with van der Waals surface area (Å²) in [4.78, 5) is 3.47. The SMILES string of the molecule is COc1cc(-c2cc(C)cs2)ccc1S(=O)(=O)Nc1cccc(N2CC(C)NC(C)C2)c1. The molecule has 0 amide bonds. The lowest BCUT2D eigenvalue weighted by Gasteiger charge is -2.37. The van der Waals surface area contributed by atoms with Crippen molar-refractivity contribution in [2.75, 3.05) is 29.8 Å². The van der Waals surface area contributed by atoms with Crippen LogP contribution >= 0.6 is 11.3 Å². The number of sulfonamides is 1. The number of hydrogen-bond acceptors (Lipinski definition) is 6. The van der Waals surface area contributed by atoms with Crippen molar-refractivity contribution in [2.45, 2.75) is 37.8 Å². The molecular formula is C24H29N3O3S2. The molecule has 4 rings (SSSR count). The number of piperazine rings is 1. The fourth-order valence-corrected chi connectivity index (χ4v) is 6.24. The summed E-state index contributed by atoms with van der Waals surface area (Å²) in [6.45, 7) is 8.09. The van der Waals surface area contributed by atoms with E-state index in [0.29, 0.717) is 23.5 Å². The van der Waals surface area contributed by atoms with Crippen molar-refractivity contribution in [3.05, 3.63) is 59.5 Å². The highest BCUT2D eigenvalue weighted by Crippen LogP contribution is 2.34. The Morgan fingerprint density at radius 1 is 1.09 bits per heavy atom. The number of benzene rings is 2. The van der Waals surface area contributed by atoms with Crippen molar-refractivity contribution in [2.24, 2.45) is 0 Å². The smallest absolute Gasteiger partial charge is 0.265 e. The van der Waals surface area contributed by atoms with Gasteiger partial charge in [0.2, 0.25) is 0 Å². The normalized spacial score (nSPS) is 19.1. The fraction of sp³-hybridized carbons (Fsp3) is 0.333. The van der Waals surface area contributed by atoms with E-state index in [2.05, 4.69) is 40.2 Å². The van der Waals surface area contributed by atoms with Gasteiger partial charge in [-0.25, -0.2) is 8.42 Å². The molecule has 2 heterocycles. The Labute approximate surface area is 194 Å². The minimum Gasteiger partial charge on any atom is -0.495 e. The van der Waals surface area contributed by atoms with Crippen LogP contribution in [0.3, 0.4) is 0 Å². The van der Waals surface area contributed by atoms with E-state index < -0.39 is 10.0 Å². The molecule has 1 fully saturated rings. The summed E-state index contributed by atoms with van der Waals surface area (Å²) >= 11 is 1.62. The van der Waals surface area contributed by atoms with Crippen molar-refractivity contribution in [3.8, 4) is 16.2 Å². The van der Waals surface area contributed by atoms with Crippen molar-refractivity contribution < 1.29 is 13.2 Å². The first-order valence-corrected chi connectivity index (χ1v) is 13.0. The number of ether oxygens (including phenoxy) is 1. The van der Waals surface area contributed by atoms with Crippen LogP contribution in [-0.2, 0) is 10.0 Å². The fourth-order valence-electron chi connectivity index (χ4n) is 4.14. The van der Waals surface area contributed by atoms with Crippen LogP contribution < -0.4 is 19.7 Å². The Bertz CT molecular complexity index is 1200. The molecule has 0 aliphatic carbocycles. The second kappa shape index (κ2) is 9.13. The maximum Gasteiger partial charge on any atom is 0.265 e. The Kier molecular flexibility index (Phi) is 6.46. The van der Waals surface area contributed by atoms with Crippen LogP contribution in [0.15, 0.2) is 58.8 Å². The van der Waals surface area contributed by atoms with Gasteiger partial charge in [-0.1, -0.05) is 12.1 Å². The number of anilines is 2. The molecule has 0 bridgehead atoms. The summed E-state index contributed by atoms with van der Waals surface area (Å²) in [5.74, 6) is 0.321. The standard InChI is InChI=1S/C24H29N3O3S2/c1-16-10-23(31-15-16)19-8-9-24(22(11-19)30-4)32(28,29)26-20-6-5-7-21(12-20)27-13-17(2)25-18(3)14-27/h5-12,15,17-18,25-26H,13-14H2,1-4H3. The molecule has 1 aliphatic heterocycles. The molecule has 170 valence electrons. The molecular weight excluding hydrogens is 442 g/mol. The van der Waals surface area contributed by atoms with Crippen LogP contribution in [0, 0.1) is 6.92 Å². The van der Waals surface area contributed by atoms with Gasteiger partial charge < -0.3 is 15.0 Å². The van der Waals surface area contributed by atoms with Gasteiger partial charge in [0.25, 0.3) is 10.0 Å². The molecule has 0 saturated carbocycles. The number of thiophene rings is 1. The molecule has 3 aromatic rings. The average Bonchev–Trinajstić information content (AvgIpc) is 3.19. The maximum atomic E-state index is 13.2. The third-order valence-electron chi connectivity index (χ3n) is 5.49. The van der Waals surface area contributed by atoms with E-state index in [0.717, 1.165) is 29.2 Å². The van der Waals surface area contributed by atoms with Crippen LogP contribution in [-0.4, -0.2) is 40.7 Å². The highest BCUT2D eigenvalue weighted by Gasteiger charge is 2.23. The quantitative estimate of drug-likeness (QED) is 0.544. The van der Waals surface area contributed by atoms with E-state index in [1.807, 2.05) is 31.2 Å². The van der Waals surface area contributed by atoms with Gasteiger partial charge in [-0.3, -0.25) is 4.72 Å². The third kappa shape index (κ3) is 4.92. The number of aryl methyl sites for hydroxylation is 1. The van der Waals surface area contributed by atoms with Gasteiger partial charge in [0, 0.05) is 35.7 Å². The zero-order valence-corrected chi connectivity index (χ0v) is 20.4. The molecule has 0 radical (unpaired) electrons. The van der Waals surface area contributed by atoms with E-state index in [1.54, 1.807) is 29.5 Å². The number of nitrogens with zero attached hydrogens (tertiary/aromatic N) is 1. The van der Waals surface area contributed by atoms with Crippen molar-refractivity contribution in [1.82, 2.24) is 5.32 Å². The highest BCUT2D eigenvalue weighted by atomic mass is 32.2. The molecule has 0 spiro atoms. The molecule has 1 aromatic heterocycles. The van der Waals surface area contributed by atoms with Gasteiger partial charge in [0.1, 0.15) is 10.6 Å². The number of rotatable bonds is 6. The van der Waals surface area contributed by atoms with E-state index in [9.17, 15) is 8.42 Å². The second-order valence-corrected chi connectivity index (χ2v) is 10.9. The van der Waals surface area contributed by atoms with Crippen LogP contribution in [0.4, 0.5) is 11.4 Å². The predicted molar refractivity (Wildman–Crippen MR) is 133 cm³/mol. The molecule has 1 saturated heterocycles. The monoisotopic (exact) mass is 471 g/mol. The zero-order valence-electron chi connectivity index (χ0n) is 18.8. The Morgan fingerprint density at radius 3 is 2.50 bits per heavy atom. The van der Waals surface area contributed by atoms with Crippen LogP contribution in [0.2, 0.25) is 0 Å². The number of methoxy groups -OCH3 is 1. The molecule has 2 N–H and O–H groups in total. The summed E-state index contributed by atoms with van der Waals surface area (Å²) in [7, 11) is -2.33. The molecule has 2 aromatic carbocycles. The van der Waals surface area contributed by atoms with Gasteiger partial charge in [0.15, 0.2) is 0 Å². The van der Waals surface area contributed by atoms with Crippen LogP contribution in [0.1, 0.15) is 19.4 Å². The van der Waals surface area contributed by atoms with Crippen LogP contribution in [0.5, 0.6) is 5.75 Å². The van der Waals surface area contributed by atoms with Gasteiger partial charge in [0.05, 0.1) is 12.8 Å². The zero-order chi connectivity index (χ0) is 22.9. The van der Waals surface area contributed by atoms with Crippen LogP contribution in [0.25, 0.3) is 10.4 Å². The average molecular weight is 472 g/mol. The van der Waals surface area contributed by atoms with Crippen molar-refractivity contribution >= 4 is 32.7 Å². The summed E-state index contributed by atoms with van der Waals surface area (Å²) < 4.78 is 34.6. The molecule has 2 unspecified atom stereocenters. The lowest BCUT2D eigenvalue weighted by Crippen LogP contribution is -2.54. The van der Waals surface area contributed by atoms with Crippen molar-refractivity contribution in [3.63, 3.8) is 0 Å². The van der Waals surface area contributed by atoms with E-state index in [4.69, 9.17) is 4.74 Å². The Balaban J connectivity index is 1.59. The Morgan fingerprint density at radius 2 is 1.84 bits per heavy atom. The molecule has 6 nitrogen and oxygen atoms in total. The van der Waals surface area contributed by atoms with Gasteiger partial charge >= 0.3 is 0 Å². The molecule has 32 heavy (non-hydrogen) atoms. The molecule has 1 aliphatic rings. The topological polar surface area (TPSA) is 70.7 Å². The minimum atomic E-state index is -3.82. The third-order valence-corrected chi connectivity index (χ3v) is 8.01. The minimum absolute atomic E-state index is 0.117. The Hall–Kier alpha value is -2.55. The van der Waals surface area contributed by atoms with Gasteiger partial charge in [-0.05, 0) is 73.7 Å². The number of hydrogen-bond donors (Lipinski definition) is 2. The maximum absolute atomic E-state index is 13.2. The van der Waals surface area contributed by atoms with E-state index in [-0.39, 0.29) is 4.90 Å². The first-order chi connectivity index (χ1) is 15.2. The molecule has 8 heteroatoms.